The van der Waals surface area contributed by atoms with Crippen LogP contribution >= 0.6 is 12.4 Å². The zero-order valence-corrected chi connectivity index (χ0v) is 16.9. The largest absolute Gasteiger partial charge is 0.491 e. The minimum Gasteiger partial charge on any atom is -0.491 e. The molecule has 1 aromatic carbocycles. The number of ether oxygens (including phenoxy) is 1. The van der Waals surface area contributed by atoms with Crippen LogP contribution in [-0.2, 0) is 0 Å². The Balaban J connectivity index is 0.00000261. The fraction of sp³-hybridized carbons (Fsp3) is 0.526. The summed E-state index contributed by atoms with van der Waals surface area (Å²) in [7, 11) is 0. The van der Waals surface area contributed by atoms with Gasteiger partial charge < -0.3 is 15.4 Å². The Kier molecular flexibility index (Phi) is 7.62. The maximum atomic E-state index is 12.4. The minimum absolute atomic E-state index is 0. The summed E-state index contributed by atoms with van der Waals surface area (Å²) in [6.07, 6.45) is 2.30. The summed E-state index contributed by atoms with van der Waals surface area (Å²) < 4.78 is 7.33. The highest BCUT2D eigenvalue weighted by atomic mass is 35.5. The third-order valence-electron chi connectivity index (χ3n) is 4.56. The van der Waals surface area contributed by atoms with Crippen molar-refractivity contribution in [3.63, 3.8) is 0 Å². The highest BCUT2D eigenvalue weighted by Gasteiger charge is 2.18. The third-order valence-corrected chi connectivity index (χ3v) is 4.56. The normalized spacial score (nSPS) is 16.2. The van der Waals surface area contributed by atoms with Crippen molar-refractivity contribution < 1.29 is 9.53 Å². The first kappa shape index (κ1) is 21.2. The summed E-state index contributed by atoms with van der Waals surface area (Å²) in [4.78, 5) is 12.4. The molecule has 0 spiro atoms. The Labute approximate surface area is 166 Å². The van der Waals surface area contributed by atoms with Gasteiger partial charge in [0.25, 0.3) is 5.91 Å². The second kappa shape index (κ2) is 9.71. The number of hydrogen-bond acceptors (Lipinski definition) is 5. The second-order valence-corrected chi connectivity index (χ2v) is 7.00. The van der Waals surface area contributed by atoms with Crippen LogP contribution in [0.4, 0.5) is 0 Å². The van der Waals surface area contributed by atoms with E-state index in [2.05, 4.69) is 20.9 Å². The van der Waals surface area contributed by atoms with Crippen molar-refractivity contribution in [2.75, 3.05) is 19.6 Å². The lowest BCUT2D eigenvalue weighted by Crippen LogP contribution is -2.27. The van der Waals surface area contributed by atoms with Crippen LogP contribution in [0.3, 0.4) is 0 Å². The zero-order chi connectivity index (χ0) is 18.5. The van der Waals surface area contributed by atoms with E-state index in [-0.39, 0.29) is 24.4 Å². The average Bonchev–Trinajstić information content (AvgIpc) is 3.25. The van der Waals surface area contributed by atoms with Crippen LogP contribution in [0.2, 0.25) is 0 Å². The molecule has 3 rings (SSSR count). The molecule has 1 unspecified atom stereocenters. The lowest BCUT2D eigenvalue weighted by molar-refractivity contribution is 0.0946. The number of hydrogen-bond donors (Lipinski definition) is 2. The molecular formula is C19H28ClN5O2. The van der Waals surface area contributed by atoms with Gasteiger partial charge in [-0.05, 0) is 76.9 Å². The molecule has 0 bridgehead atoms. The molecule has 1 saturated heterocycles. The van der Waals surface area contributed by atoms with Gasteiger partial charge in [0.15, 0.2) is 5.69 Å². The van der Waals surface area contributed by atoms with Crippen molar-refractivity contribution >= 4 is 18.3 Å². The van der Waals surface area contributed by atoms with E-state index in [0.717, 1.165) is 36.6 Å². The first-order valence-electron chi connectivity index (χ1n) is 9.23. The Hall–Kier alpha value is -2.12. The van der Waals surface area contributed by atoms with E-state index in [0.29, 0.717) is 18.2 Å². The van der Waals surface area contributed by atoms with E-state index in [1.807, 2.05) is 45.0 Å². The second-order valence-electron chi connectivity index (χ2n) is 7.00. The molecule has 27 heavy (non-hydrogen) atoms. The topological polar surface area (TPSA) is 81.1 Å². The van der Waals surface area contributed by atoms with E-state index in [9.17, 15) is 4.79 Å². The van der Waals surface area contributed by atoms with Crippen LogP contribution in [-0.4, -0.2) is 46.6 Å². The van der Waals surface area contributed by atoms with Gasteiger partial charge in [-0.1, -0.05) is 5.21 Å². The number of carbonyl (C=O) groups excluding carboxylic acids is 1. The third kappa shape index (κ3) is 5.43. The summed E-state index contributed by atoms with van der Waals surface area (Å²) >= 11 is 0. The molecule has 2 N–H and O–H groups in total. The molecule has 1 aliphatic rings. The van der Waals surface area contributed by atoms with Crippen LogP contribution < -0.4 is 15.4 Å². The molecule has 7 nitrogen and oxygen atoms in total. The lowest BCUT2D eigenvalue weighted by Gasteiger charge is -2.10. The smallest absolute Gasteiger partial charge is 0.273 e. The predicted octanol–water partition coefficient (Wildman–Crippen LogP) is 2.51. The van der Waals surface area contributed by atoms with Gasteiger partial charge in [-0.25, -0.2) is 4.68 Å². The Bertz CT molecular complexity index is 739. The average molecular weight is 394 g/mol. The van der Waals surface area contributed by atoms with Crippen LogP contribution in [0.1, 0.15) is 42.9 Å². The molecule has 1 fully saturated rings. The first-order chi connectivity index (χ1) is 12.5. The van der Waals surface area contributed by atoms with Gasteiger partial charge in [-0.15, -0.1) is 17.5 Å². The fourth-order valence-corrected chi connectivity index (χ4v) is 3.16. The Morgan fingerprint density at radius 1 is 1.37 bits per heavy atom. The molecular weight excluding hydrogens is 366 g/mol. The molecule has 148 valence electrons. The van der Waals surface area contributed by atoms with Gasteiger partial charge in [0.05, 0.1) is 17.5 Å². The molecule has 1 amide bonds. The number of aromatic nitrogens is 3. The number of nitrogens with one attached hydrogen (secondary N) is 2. The van der Waals surface area contributed by atoms with Crippen molar-refractivity contribution in [1.29, 1.82) is 0 Å². The molecule has 0 saturated carbocycles. The van der Waals surface area contributed by atoms with Crippen molar-refractivity contribution in [2.24, 2.45) is 5.92 Å². The standard InChI is InChI=1S/C19H27N5O2.ClH/c1-13(2)26-17-6-4-16(5-7-17)24-14(3)18(22-23-24)19(25)21-11-9-15-8-10-20-12-15;/h4-7,13,15,20H,8-12H2,1-3H3,(H,21,25);1H. The number of rotatable bonds is 7. The number of nitrogens with zero attached hydrogens (tertiary/aromatic N) is 3. The highest BCUT2D eigenvalue weighted by molar-refractivity contribution is 5.93. The maximum Gasteiger partial charge on any atom is 0.273 e. The molecule has 2 aromatic rings. The SMILES string of the molecule is Cc1c(C(=O)NCCC2CCNC2)nnn1-c1ccc(OC(C)C)cc1.Cl. The van der Waals surface area contributed by atoms with Gasteiger partial charge in [0.1, 0.15) is 5.75 Å². The van der Waals surface area contributed by atoms with Crippen LogP contribution in [0.5, 0.6) is 5.75 Å². The van der Waals surface area contributed by atoms with Gasteiger partial charge in [0, 0.05) is 6.54 Å². The lowest BCUT2D eigenvalue weighted by atomic mass is 10.1. The summed E-state index contributed by atoms with van der Waals surface area (Å²) in [5.74, 6) is 1.29. The molecule has 1 aromatic heterocycles. The van der Waals surface area contributed by atoms with Gasteiger partial charge in [-0.2, -0.15) is 0 Å². The number of amides is 1. The molecule has 8 heteroatoms. The van der Waals surface area contributed by atoms with Crippen LogP contribution in [0.15, 0.2) is 24.3 Å². The molecule has 1 aliphatic heterocycles. The zero-order valence-electron chi connectivity index (χ0n) is 16.1. The van der Waals surface area contributed by atoms with Crippen molar-refractivity contribution in [1.82, 2.24) is 25.6 Å². The van der Waals surface area contributed by atoms with E-state index in [1.54, 1.807) is 4.68 Å². The Morgan fingerprint density at radius 2 is 2.11 bits per heavy atom. The summed E-state index contributed by atoms with van der Waals surface area (Å²) in [6, 6.07) is 7.61. The molecule has 0 radical (unpaired) electrons. The minimum atomic E-state index is -0.167. The Morgan fingerprint density at radius 3 is 2.74 bits per heavy atom. The van der Waals surface area contributed by atoms with E-state index < -0.39 is 0 Å². The fourth-order valence-electron chi connectivity index (χ4n) is 3.16. The number of halogens is 1. The van der Waals surface area contributed by atoms with Crippen molar-refractivity contribution in [3.05, 3.63) is 35.7 Å². The van der Waals surface area contributed by atoms with Gasteiger partial charge in [-0.3, -0.25) is 4.79 Å². The van der Waals surface area contributed by atoms with Gasteiger partial charge in [0.2, 0.25) is 0 Å². The number of benzene rings is 1. The first-order valence-corrected chi connectivity index (χ1v) is 9.23. The quantitative estimate of drug-likeness (QED) is 0.755. The van der Waals surface area contributed by atoms with E-state index in [1.165, 1.54) is 6.42 Å². The summed E-state index contributed by atoms with van der Waals surface area (Å²) in [6.45, 7) is 8.62. The molecule has 2 heterocycles. The highest BCUT2D eigenvalue weighted by Crippen LogP contribution is 2.18. The molecule has 0 aliphatic carbocycles. The number of carbonyl (C=O) groups is 1. The summed E-state index contributed by atoms with van der Waals surface area (Å²) in [5, 5.41) is 14.5. The van der Waals surface area contributed by atoms with Crippen LogP contribution in [0, 0.1) is 12.8 Å². The van der Waals surface area contributed by atoms with Crippen molar-refractivity contribution in [3.8, 4) is 11.4 Å². The van der Waals surface area contributed by atoms with Crippen LogP contribution in [0.25, 0.3) is 5.69 Å². The predicted molar refractivity (Wildman–Crippen MR) is 107 cm³/mol. The van der Waals surface area contributed by atoms with E-state index >= 15 is 0 Å². The molecule has 1 atom stereocenters. The van der Waals surface area contributed by atoms with Crippen molar-refractivity contribution in [2.45, 2.75) is 39.7 Å². The monoisotopic (exact) mass is 393 g/mol. The maximum absolute atomic E-state index is 12.4. The summed E-state index contributed by atoms with van der Waals surface area (Å²) in [5.41, 5.74) is 1.95. The van der Waals surface area contributed by atoms with E-state index in [4.69, 9.17) is 4.74 Å². The van der Waals surface area contributed by atoms with Gasteiger partial charge >= 0.3 is 0 Å².